The molecule has 0 aromatic heterocycles. The average Bonchev–Trinajstić information content (AvgIpc) is 3.26. The highest BCUT2D eigenvalue weighted by Gasteiger charge is 2.25. The van der Waals surface area contributed by atoms with Crippen molar-refractivity contribution in [3.63, 3.8) is 0 Å². The third kappa shape index (κ3) is 4.65. The second kappa shape index (κ2) is 8.75. The molecule has 29 heavy (non-hydrogen) atoms. The van der Waals surface area contributed by atoms with E-state index in [1.807, 2.05) is 4.90 Å². The van der Waals surface area contributed by atoms with Crippen LogP contribution in [-0.2, 0) is 14.8 Å². The Labute approximate surface area is 170 Å². The molecule has 2 aromatic rings. The normalized spacial score (nSPS) is 14.2. The van der Waals surface area contributed by atoms with Gasteiger partial charge in [0.15, 0.2) is 12.4 Å². The number of Topliss-reactive ketones (excluding diaryl/α,β-unsaturated/α-hetero) is 1. The lowest BCUT2D eigenvalue weighted by Crippen LogP contribution is -2.25. The van der Waals surface area contributed by atoms with Crippen LogP contribution in [0.5, 0.6) is 0 Å². The largest absolute Gasteiger partial charge is 0.454 e. The topological polar surface area (TPSA) is 84.0 Å². The fraction of sp³-hybridized carbons (Fsp3) is 0.333. The maximum absolute atomic E-state index is 12.8. The molecule has 0 aliphatic carbocycles. The molecule has 0 atom stereocenters. The van der Waals surface area contributed by atoms with Gasteiger partial charge in [0.2, 0.25) is 10.0 Å². The van der Waals surface area contributed by atoms with Crippen LogP contribution < -0.4 is 4.90 Å². The summed E-state index contributed by atoms with van der Waals surface area (Å²) in [5.41, 5.74) is 1.22. The zero-order valence-corrected chi connectivity index (χ0v) is 17.3. The summed E-state index contributed by atoms with van der Waals surface area (Å²) in [6, 6.07) is 13.0. The summed E-state index contributed by atoms with van der Waals surface area (Å²) in [5.74, 6) is -1.04. The minimum absolute atomic E-state index is 0.00628. The molecule has 0 N–H and O–H groups in total. The first-order chi connectivity index (χ1) is 13.8. The van der Waals surface area contributed by atoms with Crippen molar-refractivity contribution >= 4 is 27.5 Å². The van der Waals surface area contributed by atoms with Crippen molar-refractivity contribution < 1.29 is 22.7 Å². The molecule has 1 aliphatic rings. The Bertz CT molecular complexity index is 997. The highest BCUT2D eigenvalue weighted by atomic mass is 32.2. The third-order valence-corrected chi connectivity index (χ3v) is 6.65. The maximum atomic E-state index is 12.8. The van der Waals surface area contributed by atoms with Crippen LogP contribution in [-0.4, -0.2) is 58.3 Å². The van der Waals surface area contributed by atoms with Gasteiger partial charge >= 0.3 is 5.97 Å². The molecule has 0 bridgehead atoms. The molecule has 1 heterocycles. The van der Waals surface area contributed by atoms with Crippen molar-refractivity contribution in [2.75, 3.05) is 38.7 Å². The number of hydrogen-bond acceptors (Lipinski definition) is 6. The number of benzene rings is 2. The highest BCUT2D eigenvalue weighted by molar-refractivity contribution is 7.89. The Balaban J connectivity index is 1.88. The summed E-state index contributed by atoms with van der Waals surface area (Å²) in [6.45, 7) is 1.15. The molecule has 0 spiro atoms. The van der Waals surface area contributed by atoms with Crippen molar-refractivity contribution in [1.82, 2.24) is 4.31 Å². The molecule has 0 radical (unpaired) electrons. The van der Waals surface area contributed by atoms with Crippen molar-refractivity contribution in [1.29, 1.82) is 0 Å². The van der Waals surface area contributed by atoms with E-state index in [9.17, 15) is 18.0 Å². The summed E-state index contributed by atoms with van der Waals surface area (Å²) < 4.78 is 31.3. The Kier molecular flexibility index (Phi) is 6.34. The number of carbonyl (C=O) groups excluding carboxylic acids is 2. The minimum Gasteiger partial charge on any atom is -0.454 e. The standard InChI is InChI=1S/C21H24N2O5S/c1-22(2)29(26,27)17-10-11-19(23-12-6-7-13-23)18(14-17)21(25)28-15-20(24)16-8-4-3-5-9-16/h3-5,8-11,14H,6-7,12-13,15H2,1-2H3. The van der Waals surface area contributed by atoms with Crippen molar-refractivity contribution in [3.8, 4) is 0 Å². The first-order valence-corrected chi connectivity index (χ1v) is 10.8. The van der Waals surface area contributed by atoms with Crippen LogP contribution in [0.2, 0.25) is 0 Å². The number of anilines is 1. The number of ether oxygens (including phenoxy) is 1. The van der Waals surface area contributed by atoms with Gasteiger partial charge in [-0.1, -0.05) is 30.3 Å². The van der Waals surface area contributed by atoms with Crippen LogP contribution in [0.4, 0.5) is 5.69 Å². The molecule has 0 unspecified atom stereocenters. The molecule has 2 aromatic carbocycles. The smallest absolute Gasteiger partial charge is 0.340 e. The summed E-state index contributed by atoms with van der Waals surface area (Å²) in [6.07, 6.45) is 2.00. The van der Waals surface area contributed by atoms with E-state index in [1.165, 1.54) is 26.2 Å². The first-order valence-electron chi connectivity index (χ1n) is 9.37. The summed E-state index contributed by atoms with van der Waals surface area (Å²) >= 11 is 0. The number of carbonyl (C=O) groups is 2. The van der Waals surface area contributed by atoms with Crippen LogP contribution >= 0.6 is 0 Å². The van der Waals surface area contributed by atoms with Gasteiger partial charge in [-0.25, -0.2) is 17.5 Å². The Hall–Kier alpha value is -2.71. The van der Waals surface area contributed by atoms with E-state index in [-0.39, 0.29) is 16.2 Å². The fourth-order valence-corrected chi connectivity index (χ4v) is 4.13. The first kappa shape index (κ1) is 21.0. The van der Waals surface area contributed by atoms with Crippen molar-refractivity contribution in [2.45, 2.75) is 17.7 Å². The molecule has 1 aliphatic heterocycles. The van der Waals surface area contributed by atoms with Crippen LogP contribution in [0.25, 0.3) is 0 Å². The number of esters is 1. The molecular formula is C21H24N2O5S. The molecule has 0 saturated carbocycles. The lowest BCUT2D eigenvalue weighted by molar-refractivity contribution is 0.0475. The predicted molar refractivity (Wildman–Crippen MR) is 110 cm³/mol. The predicted octanol–water partition coefficient (Wildman–Crippen LogP) is 2.58. The second-order valence-electron chi connectivity index (χ2n) is 7.03. The van der Waals surface area contributed by atoms with E-state index < -0.39 is 22.6 Å². The lowest BCUT2D eigenvalue weighted by atomic mass is 10.1. The number of sulfonamides is 1. The molecule has 1 saturated heterocycles. The molecule has 0 amide bonds. The van der Waals surface area contributed by atoms with E-state index in [1.54, 1.807) is 36.4 Å². The van der Waals surface area contributed by atoms with Crippen LogP contribution in [0.15, 0.2) is 53.4 Å². The zero-order chi connectivity index (χ0) is 21.0. The van der Waals surface area contributed by atoms with E-state index in [4.69, 9.17) is 4.74 Å². The molecule has 3 rings (SSSR count). The zero-order valence-electron chi connectivity index (χ0n) is 16.5. The van der Waals surface area contributed by atoms with Crippen molar-refractivity contribution in [2.24, 2.45) is 0 Å². The Morgan fingerprint density at radius 2 is 1.69 bits per heavy atom. The number of nitrogens with zero attached hydrogens (tertiary/aromatic N) is 2. The average molecular weight is 416 g/mol. The van der Waals surface area contributed by atoms with Gasteiger partial charge < -0.3 is 9.64 Å². The van der Waals surface area contributed by atoms with E-state index in [0.29, 0.717) is 11.3 Å². The third-order valence-electron chi connectivity index (χ3n) is 4.84. The van der Waals surface area contributed by atoms with Gasteiger partial charge in [-0.05, 0) is 31.0 Å². The maximum Gasteiger partial charge on any atom is 0.340 e. The minimum atomic E-state index is -3.71. The van der Waals surface area contributed by atoms with Gasteiger partial charge in [-0.3, -0.25) is 4.79 Å². The van der Waals surface area contributed by atoms with Gasteiger partial charge in [0.05, 0.1) is 16.1 Å². The summed E-state index contributed by atoms with van der Waals surface area (Å²) in [5, 5.41) is 0. The monoisotopic (exact) mass is 416 g/mol. The van der Waals surface area contributed by atoms with Crippen LogP contribution in [0, 0.1) is 0 Å². The van der Waals surface area contributed by atoms with Gasteiger partial charge in [0, 0.05) is 32.7 Å². The van der Waals surface area contributed by atoms with Crippen LogP contribution in [0.3, 0.4) is 0 Å². The van der Waals surface area contributed by atoms with Crippen LogP contribution in [0.1, 0.15) is 33.6 Å². The summed E-state index contributed by atoms with van der Waals surface area (Å²) in [4.78, 5) is 27.1. The Morgan fingerprint density at radius 3 is 2.31 bits per heavy atom. The van der Waals surface area contributed by atoms with E-state index >= 15 is 0 Å². The lowest BCUT2D eigenvalue weighted by Gasteiger charge is -2.22. The SMILES string of the molecule is CN(C)S(=O)(=O)c1ccc(N2CCCC2)c(C(=O)OCC(=O)c2ccccc2)c1. The van der Waals surface area contributed by atoms with Gasteiger partial charge in [-0.15, -0.1) is 0 Å². The quantitative estimate of drug-likeness (QED) is 0.510. The van der Waals surface area contributed by atoms with Gasteiger partial charge in [0.25, 0.3) is 0 Å². The van der Waals surface area contributed by atoms with Gasteiger partial charge in [-0.2, -0.15) is 0 Å². The van der Waals surface area contributed by atoms with E-state index in [2.05, 4.69) is 0 Å². The molecule has 7 nitrogen and oxygen atoms in total. The Morgan fingerprint density at radius 1 is 1.03 bits per heavy atom. The van der Waals surface area contributed by atoms with Crippen molar-refractivity contribution in [3.05, 3.63) is 59.7 Å². The number of ketones is 1. The molecular weight excluding hydrogens is 392 g/mol. The number of rotatable bonds is 7. The molecule has 8 heteroatoms. The fourth-order valence-electron chi connectivity index (χ4n) is 3.20. The van der Waals surface area contributed by atoms with Gasteiger partial charge in [0.1, 0.15) is 0 Å². The van der Waals surface area contributed by atoms with E-state index in [0.717, 1.165) is 30.2 Å². The molecule has 1 fully saturated rings. The molecule has 154 valence electrons. The highest BCUT2D eigenvalue weighted by Crippen LogP contribution is 2.28. The second-order valence-corrected chi connectivity index (χ2v) is 9.18. The number of hydrogen-bond donors (Lipinski definition) is 0. The summed E-state index contributed by atoms with van der Waals surface area (Å²) in [7, 11) is -0.846.